The molecule has 0 atom stereocenters. The van der Waals surface area contributed by atoms with Gasteiger partial charge in [-0.05, 0) is 18.2 Å². The predicted molar refractivity (Wildman–Crippen MR) is 126 cm³/mol. The number of nitrogen functional groups attached to an aromatic ring is 2. The van der Waals surface area contributed by atoms with Crippen molar-refractivity contribution in [3.05, 3.63) is 68.7 Å². The summed E-state index contributed by atoms with van der Waals surface area (Å²) in [5.41, 5.74) is 12.1. The Labute approximate surface area is 208 Å². The van der Waals surface area contributed by atoms with Crippen molar-refractivity contribution in [2.24, 2.45) is 0 Å². The first-order valence-electron chi connectivity index (χ1n) is 10.2. The van der Waals surface area contributed by atoms with Crippen LogP contribution in [-0.2, 0) is 19.9 Å². The van der Waals surface area contributed by atoms with Crippen LogP contribution in [0, 0.1) is 0 Å². The van der Waals surface area contributed by atoms with E-state index in [4.69, 9.17) is 53.6 Å². The summed E-state index contributed by atoms with van der Waals surface area (Å²) in [7, 11) is 0. The van der Waals surface area contributed by atoms with Gasteiger partial charge in [0.05, 0.1) is 26.7 Å². The Morgan fingerprint density at radius 2 is 1.34 bits per heavy atom. The number of hydrogen-bond acceptors (Lipinski definition) is 9. The number of hydrogen-bond donors (Lipinski definition) is 2. The van der Waals surface area contributed by atoms with E-state index in [-0.39, 0.29) is 55.5 Å². The van der Waals surface area contributed by atoms with Crippen LogP contribution in [0.2, 0.25) is 10.0 Å². The number of anilines is 2. The third-order valence-corrected chi connectivity index (χ3v) is 6.23. The number of esters is 3. The largest absolute Gasteiger partial charge is 0.452 e. The molecule has 1 spiro atoms. The van der Waals surface area contributed by atoms with E-state index in [1.807, 2.05) is 0 Å². The Hall–Kier alpha value is -3.95. The van der Waals surface area contributed by atoms with Gasteiger partial charge in [0, 0.05) is 19.4 Å². The van der Waals surface area contributed by atoms with Crippen molar-refractivity contribution in [1.82, 2.24) is 0 Å². The SMILES string of the molecule is CC(=O)Oc1c(Cl)cc2c(c1N)Oc1c(cc(Cl)c(OC(C)=O)c1N)C21OC(=O)c2ccccc21. The summed E-state index contributed by atoms with van der Waals surface area (Å²) in [6, 6.07) is 9.61. The molecule has 9 nitrogen and oxygen atoms in total. The van der Waals surface area contributed by atoms with E-state index in [0.717, 1.165) is 0 Å². The molecule has 35 heavy (non-hydrogen) atoms. The summed E-state index contributed by atoms with van der Waals surface area (Å²) in [5, 5.41) is -0.0298. The molecular weight excluding hydrogens is 499 g/mol. The minimum absolute atomic E-state index is 0.00884. The zero-order valence-electron chi connectivity index (χ0n) is 18.2. The highest BCUT2D eigenvalue weighted by Crippen LogP contribution is 2.62. The van der Waals surface area contributed by atoms with Crippen LogP contribution in [0.1, 0.15) is 40.9 Å². The molecule has 3 aromatic rings. The number of nitrogens with two attached hydrogens (primary N) is 2. The van der Waals surface area contributed by atoms with E-state index in [1.54, 1.807) is 24.3 Å². The highest BCUT2D eigenvalue weighted by atomic mass is 35.5. The van der Waals surface area contributed by atoms with Gasteiger partial charge >= 0.3 is 17.9 Å². The van der Waals surface area contributed by atoms with Crippen molar-refractivity contribution < 1.29 is 33.3 Å². The van der Waals surface area contributed by atoms with Gasteiger partial charge in [0.2, 0.25) is 0 Å². The summed E-state index contributed by atoms with van der Waals surface area (Å²) < 4.78 is 22.5. The lowest BCUT2D eigenvalue weighted by atomic mass is 9.77. The van der Waals surface area contributed by atoms with Crippen LogP contribution in [0.25, 0.3) is 0 Å². The number of rotatable bonds is 2. The molecule has 0 unspecified atom stereocenters. The zero-order valence-corrected chi connectivity index (χ0v) is 19.7. The molecule has 4 N–H and O–H groups in total. The van der Waals surface area contributed by atoms with E-state index in [1.165, 1.54) is 26.0 Å². The van der Waals surface area contributed by atoms with Crippen molar-refractivity contribution >= 4 is 52.5 Å². The van der Waals surface area contributed by atoms with E-state index in [0.29, 0.717) is 11.1 Å². The first kappa shape index (κ1) is 22.8. The van der Waals surface area contributed by atoms with Gasteiger partial charge in [-0.25, -0.2) is 4.79 Å². The van der Waals surface area contributed by atoms with E-state index in [2.05, 4.69) is 0 Å². The molecule has 0 fully saturated rings. The molecule has 3 aromatic carbocycles. The average Bonchev–Trinajstić information content (AvgIpc) is 3.09. The quantitative estimate of drug-likeness (QED) is 0.285. The third-order valence-electron chi connectivity index (χ3n) is 5.67. The lowest BCUT2D eigenvalue weighted by molar-refractivity contribution is -0.132. The monoisotopic (exact) mass is 514 g/mol. The molecule has 0 saturated heterocycles. The van der Waals surface area contributed by atoms with Gasteiger partial charge < -0.3 is 30.4 Å². The van der Waals surface area contributed by atoms with E-state index in [9.17, 15) is 14.4 Å². The molecule has 0 radical (unpaired) electrons. The van der Waals surface area contributed by atoms with Crippen molar-refractivity contribution in [1.29, 1.82) is 0 Å². The molecule has 2 aliphatic heterocycles. The van der Waals surface area contributed by atoms with Crippen LogP contribution in [-0.4, -0.2) is 17.9 Å². The van der Waals surface area contributed by atoms with Gasteiger partial charge in [-0.1, -0.05) is 41.4 Å². The number of halogens is 2. The highest BCUT2D eigenvalue weighted by molar-refractivity contribution is 6.33. The molecule has 5 rings (SSSR count). The molecule has 11 heteroatoms. The summed E-state index contributed by atoms with van der Waals surface area (Å²) in [6.07, 6.45) is 0. The molecule has 0 aliphatic carbocycles. The third kappa shape index (κ3) is 3.19. The molecule has 178 valence electrons. The van der Waals surface area contributed by atoms with Crippen molar-refractivity contribution in [3.63, 3.8) is 0 Å². The topological polar surface area (TPSA) is 140 Å². The van der Waals surface area contributed by atoms with E-state index < -0.39 is 23.5 Å². The fourth-order valence-electron chi connectivity index (χ4n) is 4.37. The summed E-state index contributed by atoms with van der Waals surface area (Å²) in [4.78, 5) is 36.3. The standard InChI is InChI=1S/C24H16Cl2N2O7/c1-9(29)32-21-15(25)7-13-19(17(21)27)34-20-14(8-16(26)22(18(20)28)33-10(2)30)24(13)12-6-4-3-5-11(12)23(31)35-24/h3-8H,27-28H2,1-2H3. The molecule has 0 amide bonds. The molecule has 2 heterocycles. The fraction of sp³-hybridized carbons (Fsp3) is 0.125. The molecular formula is C24H16Cl2N2O7. The fourth-order valence-corrected chi connectivity index (χ4v) is 4.87. The predicted octanol–water partition coefficient (Wildman–Crippen LogP) is 4.58. The minimum atomic E-state index is -1.62. The van der Waals surface area contributed by atoms with Crippen molar-refractivity contribution in [2.45, 2.75) is 19.4 Å². The smallest absolute Gasteiger partial charge is 0.340 e. The van der Waals surface area contributed by atoms with Gasteiger partial charge in [0.25, 0.3) is 0 Å². The number of carbonyl (C=O) groups is 3. The summed E-state index contributed by atoms with van der Waals surface area (Å²) in [5.74, 6) is -2.23. The van der Waals surface area contributed by atoms with Gasteiger partial charge in [0.1, 0.15) is 11.4 Å². The average molecular weight is 515 g/mol. The van der Waals surface area contributed by atoms with E-state index >= 15 is 0 Å². The Bertz CT molecular complexity index is 1410. The van der Waals surface area contributed by atoms with Crippen LogP contribution in [0.3, 0.4) is 0 Å². The molecule has 0 saturated carbocycles. The second kappa shape index (κ2) is 7.79. The lowest BCUT2D eigenvalue weighted by Crippen LogP contribution is -2.34. The van der Waals surface area contributed by atoms with Gasteiger partial charge in [-0.2, -0.15) is 0 Å². The Balaban J connectivity index is 1.90. The van der Waals surface area contributed by atoms with Crippen LogP contribution < -0.4 is 25.7 Å². The normalized spacial score (nSPS) is 14.3. The first-order valence-corrected chi connectivity index (χ1v) is 10.9. The Kier molecular flexibility index (Phi) is 5.08. The van der Waals surface area contributed by atoms with Crippen LogP contribution in [0.4, 0.5) is 11.4 Å². The summed E-state index contributed by atoms with van der Waals surface area (Å²) in [6.45, 7) is 2.38. The Morgan fingerprint density at radius 3 is 1.83 bits per heavy atom. The van der Waals surface area contributed by atoms with Crippen molar-refractivity contribution in [2.75, 3.05) is 11.5 Å². The molecule has 0 bridgehead atoms. The zero-order chi connectivity index (χ0) is 25.2. The molecule has 0 aromatic heterocycles. The maximum absolute atomic E-state index is 13.0. The minimum Gasteiger partial charge on any atom is -0.452 e. The van der Waals surface area contributed by atoms with Crippen LogP contribution >= 0.6 is 23.2 Å². The lowest BCUT2D eigenvalue weighted by Gasteiger charge is -2.38. The van der Waals surface area contributed by atoms with Crippen LogP contribution in [0.15, 0.2) is 36.4 Å². The maximum atomic E-state index is 13.0. The number of carbonyl (C=O) groups excluding carboxylic acids is 3. The second-order valence-corrected chi connectivity index (χ2v) is 8.68. The van der Waals surface area contributed by atoms with Gasteiger partial charge in [-0.15, -0.1) is 0 Å². The Morgan fingerprint density at radius 1 is 0.857 bits per heavy atom. The molecule has 2 aliphatic rings. The number of ether oxygens (including phenoxy) is 4. The number of fused-ring (bicyclic) bond motifs is 6. The van der Waals surface area contributed by atoms with Gasteiger partial charge in [-0.3, -0.25) is 9.59 Å². The first-order chi connectivity index (χ1) is 16.6. The van der Waals surface area contributed by atoms with Crippen LogP contribution in [0.5, 0.6) is 23.0 Å². The number of benzene rings is 3. The maximum Gasteiger partial charge on any atom is 0.340 e. The second-order valence-electron chi connectivity index (χ2n) is 7.86. The summed E-state index contributed by atoms with van der Waals surface area (Å²) >= 11 is 12.9. The highest BCUT2D eigenvalue weighted by Gasteiger charge is 2.55. The van der Waals surface area contributed by atoms with Crippen molar-refractivity contribution in [3.8, 4) is 23.0 Å². The van der Waals surface area contributed by atoms with Gasteiger partial charge in [0.15, 0.2) is 28.6 Å².